The second-order valence-electron chi connectivity index (χ2n) is 4.42. The third-order valence-electron chi connectivity index (χ3n) is 2.68. The quantitative estimate of drug-likeness (QED) is 0.774. The van der Waals surface area contributed by atoms with Crippen molar-refractivity contribution in [2.24, 2.45) is 0 Å². The first-order chi connectivity index (χ1) is 10.8. The number of hydrogen-bond acceptors (Lipinski definition) is 5. The number of esters is 1. The second kappa shape index (κ2) is 8.37. The zero-order valence-corrected chi connectivity index (χ0v) is 12.2. The molecule has 128 valence electrons. The van der Waals surface area contributed by atoms with Crippen LogP contribution < -0.4 is 5.32 Å². The van der Waals surface area contributed by atoms with E-state index in [1.54, 1.807) is 30.3 Å². The molecular weight excluding hydrogens is 319 g/mol. The van der Waals surface area contributed by atoms with Gasteiger partial charge in [-0.3, -0.25) is 0 Å². The van der Waals surface area contributed by atoms with Crippen molar-refractivity contribution < 1.29 is 37.3 Å². The molecule has 23 heavy (non-hydrogen) atoms. The number of benzene rings is 1. The molecule has 0 aromatic heterocycles. The van der Waals surface area contributed by atoms with Crippen LogP contribution in [0.15, 0.2) is 30.3 Å². The van der Waals surface area contributed by atoms with Crippen molar-refractivity contribution in [1.82, 2.24) is 5.32 Å². The van der Waals surface area contributed by atoms with E-state index in [0.29, 0.717) is 5.56 Å². The molecule has 0 aliphatic heterocycles. The van der Waals surface area contributed by atoms with E-state index in [-0.39, 0.29) is 13.2 Å². The van der Waals surface area contributed by atoms with E-state index < -0.39 is 30.4 Å². The number of aliphatic hydroxyl groups is 1. The van der Waals surface area contributed by atoms with Crippen molar-refractivity contribution in [2.45, 2.75) is 31.9 Å². The molecule has 1 amide bonds. The summed E-state index contributed by atoms with van der Waals surface area (Å²) in [6, 6.07) is 5.45. The second-order valence-corrected chi connectivity index (χ2v) is 4.42. The van der Waals surface area contributed by atoms with Gasteiger partial charge in [0.05, 0.1) is 6.61 Å². The van der Waals surface area contributed by atoms with Crippen LogP contribution in [-0.2, 0) is 20.9 Å². The number of rotatable bonds is 6. The highest BCUT2D eigenvalue weighted by Gasteiger charge is 2.49. The lowest BCUT2D eigenvalue weighted by molar-refractivity contribution is -0.190. The molecular formula is C14H16F3NO5. The molecule has 0 aliphatic carbocycles. The summed E-state index contributed by atoms with van der Waals surface area (Å²) in [4.78, 5) is 22.7. The van der Waals surface area contributed by atoms with Crippen molar-refractivity contribution in [3.63, 3.8) is 0 Å². The van der Waals surface area contributed by atoms with Crippen LogP contribution in [0, 0.1) is 0 Å². The first-order valence-electron chi connectivity index (χ1n) is 6.64. The van der Waals surface area contributed by atoms with Crippen LogP contribution in [0.5, 0.6) is 0 Å². The average Bonchev–Trinajstić information content (AvgIpc) is 2.50. The number of carbonyl (C=O) groups is 2. The summed E-state index contributed by atoms with van der Waals surface area (Å²) in [6.07, 6.45) is -9.06. The van der Waals surface area contributed by atoms with Gasteiger partial charge in [0, 0.05) is 0 Å². The van der Waals surface area contributed by atoms with Crippen molar-refractivity contribution in [2.75, 3.05) is 6.61 Å². The number of alkyl halides is 3. The summed E-state index contributed by atoms with van der Waals surface area (Å²) in [7, 11) is 0. The number of alkyl carbamates (subject to hydrolysis) is 1. The Bertz CT molecular complexity index is 521. The van der Waals surface area contributed by atoms with Crippen molar-refractivity contribution in [3.8, 4) is 0 Å². The maximum Gasteiger partial charge on any atom is 0.411 e. The van der Waals surface area contributed by atoms with Gasteiger partial charge in [0.15, 0.2) is 12.1 Å². The van der Waals surface area contributed by atoms with Crippen LogP contribution >= 0.6 is 0 Å². The smallest absolute Gasteiger partial charge is 0.411 e. The zero-order valence-electron chi connectivity index (χ0n) is 12.2. The van der Waals surface area contributed by atoms with Gasteiger partial charge in [-0.2, -0.15) is 13.2 Å². The van der Waals surface area contributed by atoms with E-state index in [4.69, 9.17) is 0 Å². The van der Waals surface area contributed by atoms with Crippen molar-refractivity contribution in [1.29, 1.82) is 0 Å². The Morgan fingerprint density at radius 2 is 1.83 bits per heavy atom. The highest BCUT2D eigenvalue weighted by Crippen LogP contribution is 2.23. The molecule has 0 aliphatic rings. The topological polar surface area (TPSA) is 84.9 Å². The number of nitrogens with one attached hydrogen (secondary N) is 1. The van der Waals surface area contributed by atoms with Gasteiger partial charge in [-0.05, 0) is 12.5 Å². The normalized spacial score (nSPS) is 13.8. The molecule has 0 saturated carbocycles. The van der Waals surface area contributed by atoms with Crippen LogP contribution in [0.25, 0.3) is 0 Å². The van der Waals surface area contributed by atoms with Gasteiger partial charge >= 0.3 is 18.2 Å². The highest BCUT2D eigenvalue weighted by atomic mass is 19.4. The predicted molar refractivity (Wildman–Crippen MR) is 72.2 cm³/mol. The van der Waals surface area contributed by atoms with Gasteiger partial charge in [0.1, 0.15) is 6.61 Å². The molecule has 0 saturated heterocycles. The molecule has 1 aromatic rings. The zero-order chi connectivity index (χ0) is 17.5. The van der Waals surface area contributed by atoms with Crippen LogP contribution in [-0.4, -0.2) is 42.1 Å². The van der Waals surface area contributed by atoms with Gasteiger partial charge in [0.25, 0.3) is 0 Å². The van der Waals surface area contributed by atoms with Gasteiger partial charge < -0.3 is 19.9 Å². The molecule has 6 nitrogen and oxygen atoms in total. The van der Waals surface area contributed by atoms with E-state index >= 15 is 0 Å². The van der Waals surface area contributed by atoms with Crippen LogP contribution in [0.1, 0.15) is 12.5 Å². The van der Waals surface area contributed by atoms with E-state index in [0.717, 1.165) is 0 Å². The summed E-state index contributed by atoms with van der Waals surface area (Å²) in [5.74, 6) is -1.49. The molecule has 0 radical (unpaired) electrons. The fourth-order valence-electron chi connectivity index (χ4n) is 1.60. The Kier molecular flexibility index (Phi) is 6.83. The molecule has 1 aromatic carbocycles. The van der Waals surface area contributed by atoms with Gasteiger partial charge in [-0.25, -0.2) is 9.59 Å². The monoisotopic (exact) mass is 335 g/mol. The molecule has 0 heterocycles. The summed E-state index contributed by atoms with van der Waals surface area (Å²) in [5, 5.41) is 10.8. The number of amides is 1. The fourth-order valence-corrected chi connectivity index (χ4v) is 1.60. The molecule has 2 N–H and O–H groups in total. The lowest BCUT2D eigenvalue weighted by atomic mass is 10.1. The SMILES string of the molecule is CCOC(=O)[C@@H](O)[C@@H](NC(=O)OCc1ccccc1)C(F)(F)F. The van der Waals surface area contributed by atoms with Gasteiger partial charge in [-0.1, -0.05) is 30.3 Å². The Morgan fingerprint density at radius 1 is 1.22 bits per heavy atom. The minimum absolute atomic E-state index is 0.209. The van der Waals surface area contributed by atoms with Crippen LogP contribution in [0.2, 0.25) is 0 Å². The lowest BCUT2D eigenvalue weighted by Gasteiger charge is -2.24. The molecule has 0 fully saturated rings. The predicted octanol–water partition coefficient (Wildman–Crippen LogP) is 1.77. The summed E-state index contributed by atoms with van der Waals surface area (Å²) in [5.41, 5.74) is 0.567. The number of ether oxygens (including phenoxy) is 2. The Labute approximate surface area is 130 Å². The minimum Gasteiger partial charge on any atom is -0.464 e. The van der Waals surface area contributed by atoms with Crippen molar-refractivity contribution in [3.05, 3.63) is 35.9 Å². The summed E-state index contributed by atoms with van der Waals surface area (Å²) >= 11 is 0. The fraction of sp³-hybridized carbons (Fsp3) is 0.429. The Morgan fingerprint density at radius 3 is 2.35 bits per heavy atom. The maximum absolute atomic E-state index is 12.9. The van der Waals surface area contributed by atoms with E-state index in [1.807, 2.05) is 0 Å². The maximum atomic E-state index is 12.9. The summed E-state index contributed by atoms with van der Waals surface area (Å²) < 4.78 is 47.5. The largest absolute Gasteiger partial charge is 0.464 e. The summed E-state index contributed by atoms with van der Waals surface area (Å²) in [6.45, 7) is 0.903. The molecule has 9 heteroatoms. The first kappa shape index (κ1) is 18.8. The lowest BCUT2D eigenvalue weighted by Crippen LogP contribution is -2.55. The van der Waals surface area contributed by atoms with Crippen molar-refractivity contribution >= 4 is 12.1 Å². The third-order valence-corrected chi connectivity index (χ3v) is 2.68. The molecule has 0 unspecified atom stereocenters. The minimum atomic E-state index is -5.06. The highest BCUT2D eigenvalue weighted by molar-refractivity contribution is 5.77. The number of aliphatic hydroxyl groups excluding tert-OH is 1. The van der Waals surface area contributed by atoms with E-state index in [9.17, 15) is 27.9 Å². The number of carbonyl (C=O) groups excluding carboxylic acids is 2. The van der Waals surface area contributed by atoms with E-state index in [1.165, 1.54) is 12.2 Å². The molecule has 2 atom stereocenters. The Hall–Kier alpha value is -2.29. The standard InChI is InChI=1S/C14H16F3NO5/c1-2-22-12(20)10(19)11(14(15,16)17)18-13(21)23-8-9-6-4-3-5-7-9/h3-7,10-11,19H,2,8H2,1H3,(H,18,21)/t10-,11+/m0/s1. The Balaban J connectivity index is 2.66. The first-order valence-corrected chi connectivity index (χ1v) is 6.64. The molecule has 0 bridgehead atoms. The van der Waals surface area contributed by atoms with Crippen LogP contribution in [0.4, 0.5) is 18.0 Å². The van der Waals surface area contributed by atoms with Gasteiger partial charge in [-0.15, -0.1) is 0 Å². The molecule has 1 rings (SSSR count). The number of hydrogen-bond donors (Lipinski definition) is 2. The third kappa shape index (κ3) is 6.15. The average molecular weight is 335 g/mol. The number of halogens is 3. The molecule has 0 spiro atoms. The van der Waals surface area contributed by atoms with Crippen LogP contribution in [0.3, 0.4) is 0 Å². The van der Waals surface area contributed by atoms with E-state index in [2.05, 4.69) is 9.47 Å². The van der Waals surface area contributed by atoms with Gasteiger partial charge in [0.2, 0.25) is 0 Å².